The van der Waals surface area contributed by atoms with E-state index in [0.717, 1.165) is 0 Å². The van der Waals surface area contributed by atoms with Crippen LogP contribution in [-0.4, -0.2) is 23.5 Å². The molecule has 0 saturated heterocycles. The summed E-state index contributed by atoms with van der Waals surface area (Å²) >= 11 is 0. The summed E-state index contributed by atoms with van der Waals surface area (Å²) in [6.45, 7) is 8.37. The molecule has 0 aromatic heterocycles. The number of nitro benzene ring substituents is 1. The largest absolute Gasteiger partial charge is 0.478 e. The van der Waals surface area contributed by atoms with Gasteiger partial charge in [0.1, 0.15) is 5.75 Å². The van der Waals surface area contributed by atoms with E-state index >= 15 is 0 Å². The fourth-order valence-electron chi connectivity index (χ4n) is 2.36. The van der Waals surface area contributed by atoms with E-state index in [-0.39, 0.29) is 23.4 Å². The topological polar surface area (TPSA) is 72.7 Å². The summed E-state index contributed by atoms with van der Waals surface area (Å²) in [6.07, 6.45) is -0.544. The lowest BCUT2D eigenvalue weighted by molar-refractivity contribution is -0.384. The quantitative estimate of drug-likeness (QED) is 0.631. The standard InChI is InChI=1S/C15H20N2O4/c1-9(2)8-16-12-7-11(17(19)20)5-6-13(12)21-14(10(3)4)15(16)18/h5-7,9-10,14H,8H2,1-4H3. The number of fused-ring (bicyclic) bond motifs is 1. The van der Waals surface area contributed by atoms with Crippen LogP contribution in [0.2, 0.25) is 0 Å². The number of benzene rings is 1. The Hall–Kier alpha value is -2.11. The number of nitro groups is 1. The van der Waals surface area contributed by atoms with Crippen LogP contribution >= 0.6 is 0 Å². The lowest BCUT2D eigenvalue weighted by Crippen LogP contribution is -2.49. The minimum Gasteiger partial charge on any atom is -0.478 e. The van der Waals surface area contributed by atoms with Crippen molar-refractivity contribution in [3.63, 3.8) is 0 Å². The van der Waals surface area contributed by atoms with Gasteiger partial charge in [-0.3, -0.25) is 14.9 Å². The molecule has 1 aliphatic heterocycles. The molecule has 0 radical (unpaired) electrons. The molecular formula is C15H20N2O4. The number of carbonyl (C=O) groups is 1. The van der Waals surface area contributed by atoms with E-state index in [1.165, 1.54) is 12.1 Å². The molecule has 1 aliphatic rings. The summed E-state index contributed by atoms with van der Waals surface area (Å²) in [5, 5.41) is 10.9. The van der Waals surface area contributed by atoms with Crippen molar-refractivity contribution in [3.8, 4) is 5.75 Å². The molecule has 0 N–H and O–H groups in total. The zero-order chi connectivity index (χ0) is 15.7. The SMILES string of the molecule is CC(C)CN1C(=O)C(C(C)C)Oc2ccc([N+](=O)[O-])cc21. The minimum atomic E-state index is -0.544. The van der Waals surface area contributed by atoms with Crippen molar-refractivity contribution in [1.82, 2.24) is 0 Å². The second-order valence-corrected chi connectivity index (χ2v) is 6.03. The molecule has 114 valence electrons. The highest BCUT2D eigenvalue weighted by Crippen LogP contribution is 2.38. The van der Waals surface area contributed by atoms with Crippen molar-refractivity contribution in [2.45, 2.75) is 33.8 Å². The van der Waals surface area contributed by atoms with Crippen molar-refractivity contribution >= 4 is 17.3 Å². The van der Waals surface area contributed by atoms with Crippen LogP contribution < -0.4 is 9.64 Å². The molecule has 2 rings (SSSR count). The number of hydrogen-bond donors (Lipinski definition) is 0. The van der Waals surface area contributed by atoms with Crippen molar-refractivity contribution < 1.29 is 14.5 Å². The number of amides is 1. The van der Waals surface area contributed by atoms with Gasteiger partial charge in [-0.2, -0.15) is 0 Å². The monoisotopic (exact) mass is 292 g/mol. The van der Waals surface area contributed by atoms with Crippen molar-refractivity contribution in [2.24, 2.45) is 11.8 Å². The third-order valence-corrected chi connectivity index (χ3v) is 3.36. The first-order valence-corrected chi connectivity index (χ1v) is 7.07. The van der Waals surface area contributed by atoms with E-state index in [1.807, 2.05) is 27.7 Å². The van der Waals surface area contributed by atoms with Gasteiger partial charge in [0.2, 0.25) is 0 Å². The van der Waals surface area contributed by atoms with E-state index in [1.54, 1.807) is 11.0 Å². The van der Waals surface area contributed by atoms with Crippen molar-refractivity contribution in [2.75, 3.05) is 11.4 Å². The summed E-state index contributed by atoms with van der Waals surface area (Å²) in [5.41, 5.74) is 0.446. The van der Waals surface area contributed by atoms with E-state index in [4.69, 9.17) is 4.74 Å². The Kier molecular flexibility index (Phi) is 4.16. The molecule has 1 aromatic rings. The van der Waals surface area contributed by atoms with Crippen LogP contribution in [0.25, 0.3) is 0 Å². The van der Waals surface area contributed by atoms with Gasteiger partial charge in [-0.1, -0.05) is 27.7 Å². The van der Waals surface area contributed by atoms with Crippen LogP contribution in [-0.2, 0) is 4.79 Å². The van der Waals surface area contributed by atoms with Gasteiger partial charge in [0.15, 0.2) is 6.10 Å². The second kappa shape index (κ2) is 5.71. The number of non-ortho nitro benzene ring substituents is 1. The Morgan fingerprint density at radius 2 is 2.00 bits per heavy atom. The summed E-state index contributed by atoms with van der Waals surface area (Å²) in [6, 6.07) is 4.38. The van der Waals surface area contributed by atoms with Crippen LogP contribution in [0.5, 0.6) is 5.75 Å². The fraction of sp³-hybridized carbons (Fsp3) is 0.533. The van der Waals surface area contributed by atoms with Crippen LogP contribution in [0.1, 0.15) is 27.7 Å². The van der Waals surface area contributed by atoms with Gasteiger partial charge in [-0.15, -0.1) is 0 Å². The zero-order valence-electron chi connectivity index (χ0n) is 12.7. The smallest absolute Gasteiger partial charge is 0.271 e. The number of nitrogens with zero attached hydrogens (tertiary/aromatic N) is 2. The Balaban J connectivity index is 2.49. The van der Waals surface area contributed by atoms with E-state index < -0.39 is 11.0 Å². The highest BCUT2D eigenvalue weighted by Gasteiger charge is 2.37. The van der Waals surface area contributed by atoms with Crippen LogP contribution in [0.15, 0.2) is 18.2 Å². The molecule has 1 heterocycles. The Bertz CT molecular complexity index is 569. The molecule has 0 saturated carbocycles. The highest BCUT2D eigenvalue weighted by atomic mass is 16.6. The van der Waals surface area contributed by atoms with E-state index in [9.17, 15) is 14.9 Å². The first-order chi connectivity index (χ1) is 9.81. The molecule has 1 unspecified atom stereocenters. The van der Waals surface area contributed by atoms with E-state index in [2.05, 4.69) is 0 Å². The van der Waals surface area contributed by atoms with Gasteiger partial charge in [0, 0.05) is 18.7 Å². The van der Waals surface area contributed by atoms with Crippen LogP contribution in [0.4, 0.5) is 11.4 Å². The molecular weight excluding hydrogens is 272 g/mol. The first kappa shape index (κ1) is 15.3. The number of carbonyl (C=O) groups excluding carboxylic acids is 1. The maximum absolute atomic E-state index is 12.6. The van der Waals surface area contributed by atoms with Gasteiger partial charge < -0.3 is 9.64 Å². The fourth-order valence-corrected chi connectivity index (χ4v) is 2.36. The van der Waals surface area contributed by atoms with E-state index in [0.29, 0.717) is 18.0 Å². The summed E-state index contributed by atoms with van der Waals surface area (Å²) in [5.74, 6) is 0.689. The molecule has 0 aliphatic carbocycles. The van der Waals surface area contributed by atoms with Gasteiger partial charge in [0.25, 0.3) is 11.6 Å². The van der Waals surface area contributed by atoms with Gasteiger partial charge in [-0.25, -0.2) is 0 Å². The maximum Gasteiger partial charge on any atom is 0.271 e. The Morgan fingerprint density at radius 3 is 2.52 bits per heavy atom. The van der Waals surface area contributed by atoms with Crippen molar-refractivity contribution in [1.29, 1.82) is 0 Å². The molecule has 0 spiro atoms. The molecule has 1 amide bonds. The predicted molar refractivity (Wildman–Crippen MR) is 79.5 cm³/mol. The number of ether oxygens (including phenoxy) is 1. The zero-order valence-corrected chi connectivity index (χ0v) is 12.7. The minimum absolute atomic E-state index is 0.0375. The average molecular weight is 292 g/mol. The van der Waals surface area contributed by atoms with Crippen LogP contribution in [0, 0.1) is 22.0 Å². The second-order valence-electron chi connectivity index (χ2n) is 6.03. The normalized spacial score (nSPS) is 17.9. The molecule has 1 aromatic carbocycles. The number of hydrogen-bond acceptors (Lipinski definition) is 4. The first-order valence-electron chi connectivity index (χ1n) is 7.07. The summed E-state index contributed by atoms with van der Waals surface area (Å²) in [7, 11) is 0. The molecule has 0 fully saturated rings. The van der Waals surface area contributed by atoms with Gasteiger partial charge in [0.05, 0.1) is 10.6 Å². The average Bonchev–Trinajstić information content (AvgIpc) is 2.40. The molecule has 1 atom stereocenters. The molecule has 0 bridgehead atoms. The number of anilines is 1. The third-order valence-electron chi connectivity index (χ3n) is 3.36. The van der Waals surface area contributed by atoms with Crippen molar-refractivity contribution in [3.05, 3.63) is 28.3 Å². The molecule has 21 heavy (non-hydrogen) atoms. The predicted octanol–water partition coefficient (Wildman–Crippen LogP) is 3.00. The Morgan fingerprint density at radius 1 is 1.33 bits per heavy atom. The van der Waals surface area contributed by atoms with Crippen LogP contribution in [0.3, 0.4) is 0 Å². The van der Waals surface area contributed by atoms with Gasteiger partial charge in [-0.05, 0) is 17.9 Å². The Labute approximate surface area is 123 Å². The maximum atomic E-state index is 12.6. The molecule has 6 nitrogen and oxygen atoms in total. The lowest BCUT2D eigenvalue weighted by Gasteiger charge is -2.36. The van der Waals surface area contributed by atoms with Gasteiger partial charge >= 0.3 is 0 Å². The lowest BCUT2D eigenvalue weighted by atomic mass is 10.0. The highest BCUT2D eigenvalue weighted by molar-refractivity contribution is 6.00. The third kappa shape index (κ3) is 2.99. The number of rotatable bonds is 4. The summed E-state index contributed by atoms with van der Waals surface area (Å²) in [4.78, 5) is 24.7. The molecule has 6 heteroatoms. The summed E-state index contributed by atoms with van der Waals surface area (Å²) < 4.78 is 5.74.